The smallest absolute Gasteiger partial charge is 0.417 e. The Morgan fingerprint density at radius 2 is 1.05 bits per heavy atom. The van der Waals surface area contributed by atoms with Crippen molar-refractivity contribution in [2.45, 2.75) is 84.7 Å². The Morgan fingerprint density at radius 1 is 0.682 bits per heavy atom. The van der Waals surface area contributed by atoms with E-state index >= 15 is 0 Å². The van der Waals surface area contributed by atoms with Gasteiger partial charge >= 0.3 is 8.80 Å². The van der Waals surface area contributed by atoms with Crippen LogP contribution in [-0.2, 0) is 12.3 Å². The highest BCUT2D eigenvalue weighted by Crippen LogP contribution is 2.30. The average molecular weight is 379 g/mol. The number of rotatable bonds is 10. The van der Waals surface area contributed by atoms with Gasteiger partial charge in [-0.15, -0.1) is 0 Å². The highest BCUT2D eigenvalue weighted by molar-refractivity contribution is 6.90. The van der Waals surface area contributed by atoms with Gasteiger partial charge in [0.1, 0.15) is 0 Å². The van der Waals surface area contributed by atoms with Crippen LogP contribution in [0.1, 0.15) is 19.8 Å². The fourth-order valence-corrected chi connectivity index (χ4v) is 16.9. The molecule has 0 aliphatic rings. The van der Waals surface area contributed by atoms with Crippen LogP contribution in [0.4, 0.5) is 0 Å². The summed E-state index contributed by atoms with van der Waals surface area (Å²) in [4.78, 5) is 0. The minimum Gasteiger partial charge on any atom is -0.417 e. The van der Waals surface area contributed by atoms with Gasteiger partial charge in [0, 0.05) is 6.04 Å². The van der Waals surface area contributed by atoms with E-state index in [0.717, 1.165) is 18.9 Å². The molecule has 0 saturated carbocycles. The van der Waals surface area contributed by atoms with E-state index in [9.17, 15) is 0 Å². The summed E-state index contributed by atoms with van der Waals surface area (Å²) in [7, 11) is -7.77. The second kappa shape index (κ2) is 8.55. The molecule has 0 fully saturated rings. The van der Waals surface area contributed by atoms with Crippen molar-refractivity contribution in [1.29, 1.82) is 0 Å². The third kappa shape index (κ3) is 12.0. The van der Waals surface area contributed by atoms with Crippen molar-refractivity contribution in [3.63, 3.8) is 0 Å². The molecule has 0 saturated heterocycles. The monoisotopic (exact) mass is 378 g/mol. The Hall–Kier alpha value is 0.488. The molecule has 0 heterocycles. The molecule has 0 aromatic carbocycles. The lowest BCUT2D eigenvalue weighted by atomic mass is 10.3. The Morgan fingerprint density at radius 3 is 1.32 bits per heavy atom. The van der Waals surface area contributed by atoms with Gasteiger partial charge in [-0.3, -0.25) is 0 Å². The molecule has 3 nitrogen and oxygen atoms in total. The molecule has 22 heavy (non-hydrogen) atoms. The summed E-state index contributed by atoms with van der Waals surface area (Å²) in [6.07, 6.45) is 6.48. The van der Waals surface area contributed by atoms with Crippen molar-refractivity contribution in [3.8, 4) is 0 Å². The number of hydrogen-bond donors (Lipinski definition) is 0. The maximum Gasteiger partial charge on any atom is 0.469 e. The zero-order valence-corrected chi connectivity index (χ0v) is 20.5. The molecule has 0 aromatic rings. The topological polar surface area (TPSA) is 27.7 Å². The van der Waals surface area contributed by atoms with Crippen LogP contribution >= 0.6 is 0 Å². The summed E-state index contributed by atoms with van der Waals surface area (Å²) in [5.74, 6) is 0. The SMILES string of the molecule is C/C=C/CCC[Si](O[Si](C)(C)C)(O[Si](C)(C)C)O[Si](C)(C)C. The van der Waals surface area contributed by atoms with Gasteiger partial charge < -0.3 is 12.3 Å². The maximum absolute atomic E-state index is 6.64. The van der Waals surface area contributed by atoms with Crippen LogP contribution in [0.5, 0.6) is 0 Å². The van der Waals surface area contributed by atoms with Crippen molar-refractivity contribution < 1.29 is 12.3 Å². The van der Waals surface area contributed by atoms with Crippen LogP contribution in [0.15, 0.2) is 12.2 Å². The van der Waals surface area contributed by atoms with E-state index in [1.54, 1.807) is 0 Å². The Labute approximate surface area is 143 Å². The lowest BCUT2D eigenvalue weighted by molar-refractivity contribution is 0.250. The predicted molar refractivity (Wildman–Crippen MR) is 108 cm³/mol. The first-order chi connectivity index (χ1) is 9.68. The standard InChI is InChI=1S/C15H38O3Si4/c1-11-12-13-14-15-22(16-19(2,3)4,17-20(5,6)7)18-21(8,9)10/h11-12H,13-15H2,1-10H3/b12-11+. The zero-order valence-electron chi connectivity index (χ0n) is 16.5. The third-order valence-corrected chi connectivity index (χ3v) is 14.5. The molecule has 0 aliphatic carbocycles. The van der Waals surface area contributed by atoms with E-state index < -0.39 is 33.8 Å². The minimum atomic E-state index is -2.60. The first-order valence-electron chi connectivity index (χ1n) is 8.40. The van der Waals surface area contributed by atoms with E-state index in [-0.39, 0.29) is 0 Å². The summed E-state index contributed by atoms with van der Waals surface area (Å²) < 4.78 is 19.9. The molecule has 0 unspecified atom stereocenters. The zero-order chi connectivity index (χ0) is 17.7. The third-order valence-electron chi connectivity index (χ3n) is 2.47. The molecule has 0 rings (SSSR count). The van der Waals surface area contributed by atoms with Gasteiger partial charge in [-0.05, 0) is 78.7 Å². The second-order valence-corrected chi connectivity index (χ2v) is 25.8. The van der Waals surface area contributed by atoms with E-state index in [0.29, 0.717) is 0 Å². The molecule has 0 atom stereocenters. The summed E-state index contributed by atoms with van der Waals surface area (Å²) >= 11 is 0. The number of unbranched alkanes of at least 4 members (excludes halogenated alkanes) is 1. The van der Waals surface area contributed by atoms with Gasteiger partial charge in [0.25, 0.3) is 0 Å². The number of hydrogen-bond acceptors (Lipinski definition) is 3. The van der Waals surface area contributed by atoms with Gasteiger partial charge in [0.15, 0.2) is 25.0 Å². The highest BCUT2D eigenvalue weighted by Gasteiger charge is 2.49. The van der Waals surface area contributed by atoms with Gasteiger partial charge in [-0.2, -0.15) is 0 Å². The first kappa shape index (κ1) is 22.5. The molecule has 0 amide bonds. The fourth-order valence-electron chi connectivity index (χ4n) is 2.22. The summed E-state index contributed by atoms with van der Waals surface area (Å²) in [6.45, 7) is 22.2. The Balaban J connectivity index is 5.38. The molecule has 0 N–H and O–H groups in total. The molecule has 0 bridgehead atoms. The molecule has 0 aliphatic heterocycles. The summed E-state index contributed by atoms with van der Waals surface area (Å²) in [6, 6.07) is 0.941. The summed E-state index contributed by atoms with van der Waals surface area (Å²) in [5, 5.41) is 0. The molecule has 0 radical (unpaired) electrons. The van der Waals surface area contributed by atoms with Crippen molar-refractivity contribution in [1.82, 2.24) is 0 Å². The maximum atomic E-state index is 6.64. The van der Waals surface area contributed by atoms with Crippen molar-refractivity contribution >= 4 is 33.8 Å². The number of allylic oxidation sites excluding steroid dienone is 2. The normalized spacial score (nSPS) is 14.8. The van der Waals surface area contributed by atoms with Crippen LogP contribution < -0.4 is 0 Å². The van der Waals surface area contributed by atoms with Crippen LogP contribution in [0.25, 0.3) is 0 Å². The second-order valence-electron chi connectivity index (χ2n) is 8.79. The van der Waals surface area contributed by atoms with Gasteiger partial charge in [-0.1, -0.05) is 12.2 Å². The predicted octanol–water partition coefficient (Wildman–Crippen LogP) is 5.84. The van der Waals surface area contributed by atoms with Gasteiger partial charge in [-0.25, -0.2) is 0 Å². The molecular weight excluding hydrogens is 341 g/mol. The quantitative estimate of drug-likeness (QED) is 0.272. The Kier molecular flexibility index (Phi) is 8.73. The van der Waals surface area contributed by atoms with Gasteiger partial charge in [0.05, 0.1) is 0 Å². The molecule has 132 valence electrons. The van der Waals surface area contributed by atoms with Crippen LogP contribution in [0, 0.1) is 0 Å². The molecule has 0 spiro atoms. The molecule has 7 heteroatoms. The van der Waals surface area contributed by atoms with Crippen LogP contribution in [-0.4, -0.2) is 33.8 Å². The fraction of sp³-hybridized carbons (Fsp3) is 0.867. The van der Waals surface area contributed by atoms with Crippen molar-refractivity contribution in [3.05, 3.63) is 12.2 Å². The van der Waals surface area contributed by atoms with E-state index in [4.69, 9.17) is 12.3 Å². The average Bonchev–Trinajstić information content (AvgIpc) is 2.16. The lowest BCUT2D eigenvalue weighted by Crippen LogP contribution is -2.60. The van der Waals surface area contributed by atoms with Crippen molar-refractivity contribution in [2.24, 2.45) is 0 Å². The van der Waals surface area contributed by atoms with Crippen molar-refractivity contribution in [2.75, 3.05) is 0 Å². The minimum absolute atomic E-state index is 0.941. The lowest BCUT2D eigenvalue weighted by Gasteiger charge is -2.42. The van der Waals surface area contributed by atoms with E-state index in [1.165, 1.54) is 0 Å². The highest BCUT2D eigenvalue weighted by atomic mass is 28.5. The largest absolute Gasteiger partial charge is 0.469 e. The van der Waals surface area contributed by atoms with Crippen LogP contribution in [0.3, 0.4) is 0 Å². The molecule has 0 aromatic heterocycles. The Bertz CT molecular complexity index is 310. The van der Waals surface area contributed by atoms with Crippen LogP contribution in [0.2, 0.25) is 65.0 Å². The van der Waals surface area contributed by atoms with Gasteiger partial charge in [0.2, 0.25) is 0 Å². The molecular formula is C15H38O3Si4. The van der Waals surface area contributed by atoms with E-state index in [2.05, 4.69) is 78.0 Å². The van der Waals surface area contributed by atoms with E-state index in [1.807, 2.05) is 0 Å². The summed E-state index contributed by atoms with van der Waals surface area (Å²) in [5.41, 5.74) is 0. The first-order valence-corrected chi connectivity index (χ1v) is 20.6.